The maximum Gasteiger partial charge on any atom is 0.243 e. The first-order valence-corrected chi connectivity index (χ1v) is 7.09. The van der Waals surface area contributed by atoms with Crippen LogP contribution in [0.5, 0.6) is 0 Å². The highest BCUT2D eigenvalue weighted by Crippen LogP contribution is 2.19. The van der Waals surface area contributed by atoms with Crippen molar-refractivity contribution in [2.45, 2.75) is 52.6 Å². The molecule has 0 bridgehead atoms. The number of nitrogens with one attached hydrogen (secondary N) is 1. The van der Waals surface area contributed by atoms with Crippen molar-refractivity contribution in [1.82, 2.24) is 10.2 Å². The van der Waals surface area contributed by atoms with E-state index < -0.39 is 6.04 Å². The third kappa shape index (κ3) is 3.93. The lowest BCUT2D eigenvalue weighted by atomic mass is 9.99. The van der Waals surface area contributed by atoms with Crippen molar-refractivity contribution in [1.29, 1.82) is 0 Å². The lowest BCUT2D eigenvalue weighted by Gasteiger charge is -2.31. The minimum Gasteiger partial charge on any atom is -0.396 e. The van der Waals surface area contributed by atoms with Crippen LogP contribution in [0.25, 0.3) is 0 Å². The average molecular weight is 270 g/mol. The molecule has 0 aliphatic carbocycles. The van der Waals surface area contributed by atoms with Crippen molar-refractivity contribution in [3.8, 4) is 0 Å². The van der Waals surface area contributed by atoms with Crippen molar-refractivity contribution in [3.63, 3.8) is 0 Å². The van der Waals surface area contributed by atoms with Crippen molar-refractivity contribution in [3.05, 3.63) is 0 Å². The standard InChI is InChI=1S/C14H26N2O3/c1-9(2)13(16-7-5-6-12(16)18)14(19)15-11(4)10(3)8-17/h9-11,13,17H,5-8H2,1-4H3,(H,15,19). The zero-order valence-electron chi connectivity index (χ0n) is 12.3. The fourth-order valence-electron chi connectivity index (χ4n) is 2.38. The van der Waals surface area contributed by atoms with Crippen molar-refractivity contribution < 1.29 is 14.7 Å². The minimum atomic E-state index is -0.400. The van der Waals surface area contributed by atoms with Gasteiger partial charge in [0.1, 0.15) is 6.04 Å². The number of aliphatic hydroxyl groups is 1. The van der Waals surface area contributed by atoms with Gasteiger partial charge in [-0.25, -0.2) is 0 Å². The van der Waals surface area contributed by atoms with Gasteiger partial charge in [0.05, 0.1) is 0 Å². The summed E-state index contributed by atoms with van der Waals surface area (Å²) in [5, 5.41) is 12.0. The van der Waals surface area contributed by atoms with E-state index in [0.29, 0.717) is 13.0 Å². The van der Waals surface area contributed by atoms with E-state index in [1.807, 2.05) is 27.7 Å². The van der Waals surface area contributed by atoms with Crippen LogP contribution in [0, 0.1) is 11.8 Å². The highest BCUT2D eigenvalue weighted by atomic mass is 16.3. The molecule has 1 rings (SSSR count). The second-order valence-corrected chi connectivity index (χ2v) is 5.84. The van der Waals surface area contributed by atoms with Crippen molar-refractivity contribution in [2.75, 3.05) is 13.2 Å². The molecule has 110 valence electrons. The molecule has 1 saturated heterocycles. The average Bonchev–Trinajstić information content (AvgIpc) is 2.74. The Hall–Kier alpha value is -1.10. The highest BCUT2D eigenvalue weighted by Gasteiger charge is 2.35. The zero-order valence-corrected chi connectivity index (χ0v) is 12.3. The van der Waals surface area contributed by atoms with Gasteiger partial charge in [-0.3, -0.25) is 9.59 Å². The van der Waals surface area contributed by atoms with Gasteiger partial charge in [0.25, 0.3) is 0 Å². The van der Waals surface area contributed by atoms with Crippen LogP contribution in [0.1, 0.15) is 40.5 Å². The van der Waals surface area contributed by atoms with E-state index >= 15 is 0 Å². The van der Waals surface area contributed by atoms with Gasteiger partial charge in [-0.2, -0.15) is 0 Å². The molecule has 3 unspecified atom stereocenters. The van der Waals surface area contributed by atoms with Gasteiger partial charge in [-0.1, -0.05) is 20.8 Å². The van der Waals surface area contributed by atoms with Crippen LogP contribution in [0.2, 0.25) is 0 Å². The molecule has 1 aliphatic heterocycles. The molecular weight excluding hydrogens is 244 g/mol. The Bertz CT molecular complexity index is 331. The lowest BCUT2D eigenvalue weighted by Crippen LogP contribution is -2.53. The van der Waals surface area contributed by atoms with E-state index in [9.17, 15) is 9.59 Å². The highest BCUT2D eigenvalue weighted by molar-refractivity contribution is 5.88. The van der Waals surface area contributed by atoms with Crippen LogP contribution in [0.15, 0.2) is 0 Å². The zero-order chi connectivity index (χ0) is 14.6. The second-order valence-electron chi connectivity index (χ2n) is 5.84. The number of rotatable bonds is 6. The van der Waals surface area contributed by atoms with Crippen LogP contribution in [0.4, 0.5) is 0 Å². The van der Waals surface area contributed by atoms with Gasteiger partial charge in [-0.15, -0.1) is 0 Å². The summed E-state index contributed by atoms with van der Waals surface area (Å²) in [5.74, 6) is 0.0412. The smallest absolute Gasteiger partial charge is 0.243 e. The maximum atomic E-state index is 12.4. The number of aliphatic hydroxyl groups excluding tert-OH is 1. The predicted molar refractivity (Wildman–Crippen MR) is 73.4 cm³/mol. The van der Waals surface area contributed by atoms with E-state index in [1.54, 1.807) is 4.90 Å². The Morgan fingerprint density at radius 3 is 2.42 bits per heavy atom. The van der Waals surface area contributed by atoms with Gasteiger partial charge < -0.3 is 15.3 Å². The van der Waals surface area contributed by atoms with Gasteiger partial charge >= 0.3 is 0 Å². The van der Waals surface area contributed by atoms with E-state index in [4.69, 9.17) is 5.11 Å². The first kappa shape index (κ1) is 16.0. The number of hydrogen-bond acceptors (Lipinski definition) is 3. The third-order valence-electron chi connectivity index (χ3n) is 3.86. The lowest BCUT2D eigenvalue weighted by molar-refractivity contribution is -0.139. The SMILES string of the molecule is CC(C)C(C(=O)NC(C)C(C)CO)N1CCCC1=O. The molecular formula is C14H26N2O3. The molecule has 0 spiro atoms. The first-order chi connectivity index (χ1) is 8.88. The van der Waals surface area contributed by atoms with Gasteiger partial charge in [0.15, 0.2) is 0 Å². The van der Waals surface area contributed by atoms with Crippen molar-refractivity contribution in [2.24, 2.45) is 11.8 Å². The van der Waals surface area contributed by atoms with Crippen LogP contribution in [0.3, 0.4) is 0 Å². The van der Waals surface area contributed by atoms with E-state index in [-0.39, 0.29) is 36.3 Å². The molecule has 1 aliphatic rings. The van der Waals surface area contributed by atoms with Gasteiger partial charge in [0.2, 0.25) is 11.8 Å². The van der Waals surface area contributed by atoms with E-state index in [0.717, 1.165) is 6.42 Å². The van der Waals surface area contributed by atoms with Crippen LogP contribution in [-0.4, -0.2) is 47.1 Å². The van der Waals surface area contributed by atoms with Crippen LogP contribution < -0.4 is 5.32 Å². The molecule has 0 saturated carbocycles. The Morgan fingerprint density at radius 2 is 2.00 bits per heavy atom. The maximum absolute atomic E-state index is 12.4. The largest absolute Gasteiger partial charge is 0.396 e. The molecule has 19 heavy (non-hydrogen) atoms. The fourth-order valence-corrected chi connectivity index (χ4v) is 2.38. The molecule has 0 aromatic carbocycles. The van der Waals surface area contributed by atoms with Crippen LogP contribution >= 0.6 is 0 Å². The molecule has 5 nitrogen and oxygen atoms in total. The summed E-state index contributed by atoms with van der Waals surface area (Å²) in [7, 11) is 0. The number of amides is 2. The second kappa shape index (κ2) is 6.89. The summed E-state index contributed by atoms with van der Waals surface area (Å²) in [4.78, 5) is 25.9. The number of carbonyl (C=O) groups is 2. The quantitative estimate of drug-likeness (QED) is 0.749. The molecule has 1 fully saturated rings. The predicted octanol–water partition coefficient (Wildman–Crippen LogP) is 0.767. The Balaban J connectivity index is 2.71. The van der Waals surface area contributed by atoms with Crippen LogP contribution in [-0.2, 0) is 9.59 Å². The number of nitrogens with zero attached hydrogens (tertiary/aromatic N) is 1. The topological polar surface area (TPSA) is 69.6 Å². The molecule has 0 radical (unpaired) electrons. The molecule has 0 aromatic rings. The van der Waals surface area contributed by atoms with E-state index in [1.165, 1.54) is 0 Å². The monoisotopic (exact) mass is 270 g/mol. The number of hydrogen-bond donors (Lipinski definition) is 2. The number of likely N-dealkylation sites (tertiary alicyclic amines) is 1. The van der Waals surface area contributed by atoms with Gasteiger partial charge in [-0.05, 0) is 25.2 Å². The summed E-state index contributed by atoms with van der Waals surface area (Å²) < 4.78 is 0. The Morgan fingerprint density at radius 1 is 1.37 bits per heavy atom. The molecule has 5 heteroatoms. The summed E-state index contributed by atoms with van der Waals surface area (Å²) in [6.45, 7) is 8.37. The summed E-state index contributed by atoms with van der Waals surface area (Å²) >= 11 is 0. The van der Waals surface area contributed by atoms with E-state index in [2.05, 4.69) is 5.32 Å². The summed E-state index contributed by atoms with van der Waals surface area (Å²) in [6, 6.07) is -0.500. The Labute approximate surface area is 115 Å². The minimum absolute atomic E-state index is 0.00559. The fraction of sp³-hybridized carbons (Fsp3) is 0.857. The first-order valence-electron chi connectivity index (χ1n) is 7.09. The van der Waals surface area contributed by atoms with Gasteiger partial charge in [0, 0.05) is 25.6 Å². The molecule has 1 heterocycles. The third-order valence-corrected chi connectivity index (χ3v) is 3.86. The molecule has 0 aromatic heterocycles. The molecule has 2 N–H and O–H groups in total. The summed E-state index contributed by atoms with van der Waals surface area (Å²) in [6.07, 6.45) is 1.37. The normalized spacial score (nSPS) is 20.5. The number of carbonyl (C=O) groups excluding carboxylic acids is 2. The molecule has 3 atom stereocenters. The molecule has 2 amide bonds. The Kier molecular flexibility index (Phi) is 5.79. The van der Waals surface area contributed by atoms with Crippen molar-refractivity contribution >= 4 is 11.8 Å². The summed E-state index contributed by atoms with van der Waals surface area (Å²) in [5.41, 5.74) is 0.